The lowest BCUT2D eigenvalue weighted by Crippen LogP contribution is -2.58. The molecule has 2 amide bonds. The van der Waals surface area contributed by atoms with Gasteiger partial charge >= 0.3 is 0 Å². The van der Waals surface area contributed by atoms with Crippen molar-refractivity contribution in [2.45, 2.75) is 63.1 Å². The molecular formula is C17H27N5O2. The van der Waals surface area contributed by atoms with E-state index in [1.165, 1.54) is 12.8 Å². The van der Waals surface area contributed by atoms with E-state index in [0.29, 0.717) is 11.7 Å². The molecule has 0 unspecified atom stereocenters. The minimum atomic E-state index is -0.401. The summed E-state index contributed by atoms with van der Waals surface area (Å²) < 4.78 is 1.57. The van der Waals surface area contributed by atoms with Crippen molar-refractivity contribution in [1.82, 2.24) is 20.0 Å². The molecule has 0 aliphatic heterocycles. The van der Waals surface area contributed by atoms with Gasteiger partial charge in [0.1, 0.15) is 12.1 Å². The molecule has 0 atom stereocenters. The van der Waals surface area contributed by atoms with Crippen LogP contribution in [0.15, 0.2) is 12.4 Å². The van der Waals surface area contributed by atoms with Gasteiger partial charge in [0.25, 0.3) is 0 Å². The summed E-state index contributed by atoms with van der Waals surface area (Å²) in [5.41, 5.74) is 0.240. The van der Waals surface area contributed by atoms with E-state index in [2.05, 4.69) is 15.7 Å². The number of carbonyl (C=O) groups is 2. The van der Waals surface area contributed by atoms with Crippen LogP contribution < -0.4 is 10.6 Å². The molecule has 0 radical (unpaired) electrons. The van der Waals surface area contributed by atoms with Crippen LogP contribution >= 0.6 is 0 Å². The summed E-state index contributed by atoms with van der Waals surface area (Å²) in [6, 6.07) is 0.311. The largest absolute Gasteiger partial charge is 0.352 e. The number of likely N-dealkylation sites (N-methyl/N-ethyl adjacent to an activating group) is 1. The van der Waals surface area contributed by atoms with Crippen LogP contribution in [0.2, 0.25) is 0 Å². The molecule has 7 heteroatoms. The second kappa shape index (κ2) is 6.93. The lowest BCUT2D eigenvalue weighted by atomic mass is 9.75. The molecule has 3 rings (SSSR count). The molecule has 132 valence electrons. The summed E-state index contributed by atoms with van der Waals surface area (Å²) >= 11 is 0. The van der Waals surface area contributed by atoms with Crippen LogP contribution in [0.25, 0.3) is 0 Å². The van der Waals surface area contributed by atoms with Crippen LogP contribution in [0.3, 0.4) is 0 Å². The van der Waals surface area contributed by atoms with E-state index in [1.54, 1.807) is 17.1 Å². The number of nitrogens with zero attached hydrogens (tertiary/aromatic N) is 3. The molecule has 24 heavy (non-hydrogen) atoms. The fourth-order valence-electron chi connectivity index (χ4n) is 3.64. The highest BCUT2D eigenvalue weighted by Gasteiger charge is 2.46. The average molecular weight is 333 g/mol. The molecule has 2 aliphatic carbocycles. The maximum absolute atomic E-state index is 12.6. The van der Waals surface area contributed by atoms with Crippen LogP contribution in [0, 0.1) is 0 Å². The van der Waals surface area contributed by atoms with Crippen molar-refractivity contribution in [2.75, 3.05) is 19.4 Å². The molecule has 7 nitrogen and oxygen atoms in total. The third kappa shape index (κ3) is 3.45. The standard InChI is InChI=1S/C17H27N5O2/c1-21(2)17(8-5-9-17)16(24)20-14-10-18-22(11-14)12-15(23)19-13-6-3-4-7-13/h10-11,13H,3-9,12H2,1-2H3,(H,19,23)(H,20,24). The first-order chi connectivity index (χ1) is 11.5. The number of nitrogens with one attached hydrogen (secondary N) is 2. The molecule has 1 heterocycles. The van der Waals surface area contributed by atoms with Gasteiger partial charge in [0.15, 0.2) is 0 Å². The zero-order valence-electron chi connectivity index (χ0n) is 14.5. The van der Waals surface area contributed by atoms with E-state index in [1.807, 2.05) is 19.0 Å². The zero-order chi connectivity index (χ0) is 17.2. The number of anilines is 1. The molecule has 0 aromatic carbocycles. The molecule has 2 fully saturated rings. The van der Waals surface area contributed by atoms with Crippen LogP contribution in [0.4, 0.5) is 5.69 Å². The average Bonchev–Trinajstić information content (AvgIpc) is 3.09. The highest BCUT2D eigenvalue weighted by atomic mass is 16.2. The number of amides is 2. The van der Waals surface area contributed by atoms with Crippen molar-refractivity contribution in [2.24, 2.45) is 0 Å². The van der Waals surface area contributed by atoms with E-state index >= 15 is 0 Å². The minimum Gasteiger partial charge on any atom is -0.352 e. The molecular weight excluding hydrogens is 306 g/mol. The lowest BCUT2D eigenvalue weighted by molar-refractivity contribution is -0.131. The van der Waals surface area contributed by atoms with Crippen LogP contribution in [-0.2, 0) is 16.1 Å². The summed E-state index contributed by atoms with van der Waals surface area (Å²) in [5.74, 6) is -0.0136. The van der Waals surface area contributed by atoms with Gasteiger partial charge in [-0.1, -0.05) is 12.8 Å². The molecule has 1 aromatic heterocycles. The maximum Gasteiger partial charge on any atom is 0.244 e. The Bertz CT molecular complexity index is 600. The van der Waals surface area contributed by atoms with Crippen LogP contribution in [-0.4, -0.2) is 52.2 Å². The van der Waals surface area contributed by atoms with E-state index in [9.17, 15) is 9.59 Å². The van der Waals surface area contributed by atoms with Gasteiger partial charge in [0.2, 0.25) is 11.8 Å². The summed E-state index contributed by atoms with van der Waals surface area (Å²) in [6.45, 7) is 0.186. The summed E-state index contributed by atoms with van der Waals surface area (Å²) in [7, 11) is 3.88. The van der Waals surface area contributed by atoms with Gasteiger partial charge in [-0.15, -0.1) is 0 Å². The quantitative estimate of drug-likeness (QED) is 0.824. The number of aromatic nitrogens is 2. The minimum absolute atomic E-state index is 0.00806. The number of hydrogen-bond acceptors (Lipinski definition) is 4. The first-order valence-corrected chi connectivity index (χ1v) is 8.80. The first-order valence-electron chi connectivity index (χ1n) is 8.80. The van der Waals surface area contributed by atoms with Gasteiger partial charge in [-0.25, -0.2) is 0 Å². The Morgan fingerprint density at radius 1 is 1.29 bits per heavy atom. The smallest absolute Gasteiger partial charge is 0.244 e. The van der Waals surface area contributed by atoms with Gasteiger partial charge in [-0.3, -0.25) is 19.2 Å². The number of hydrogen-bond donors (Lipinski definition) is 2. The summed E-state index contributed by atoms with van der Waals surface area (Å²) in [5, 5.41) is 10.2. The Morgan fingerprint density at radius 3 is 2.58 bits per heavy atom. The van der Waals surface area contributed by atoms with Crippen molar-refractivity contribution < 1.29 is 9.59 Å². The monoisotopic (exact) mass is 333 g/mol. The topological polar surface area (TPSA) is 79.3 Å². The Balaban J connectivity index is 1.53. The number of rotatable bonds is 6. The third-order valence-corrected chi connectivity index (χ3v) is 5.38. The Morgan fingerprint density at radius 2 is 2.00 bits per heavy atom. The second-order valence-corrected chi connectivity index (χ2v) is 7.21. The highest BCUT2D eigenvalue weighted by molar-refractivity contribution is 5.98. The second-order valence-electron chi connectivity index (χ2n) is 7.21. The van der Waals surface area contributed by atoms with E-state index in [-0.39, 0.29) is 18.4 Å². The Hall–Kier alpha value is -1.89. The first kappa shape index (κ1) is 17.0. The Kier molecular flexibility index (Phi) is 4.89. The Labute approximate surface area is 142 Å². The van der Waals surface area contributed by atoms with Crippen molar-refractivity contribution in [3.8, 4) is 0 Å². The summed E-state index contributed by atoms with van der Waals surface area (Å²) in [6.07, 6.45) is 10.7. The molecule has 0 saturated heterocycles. The van der Waals surface area contributed by atoms with Crippen molar-refractivity contribution >= 4 is 17.5 Å². The van der Waals surface area contributed by atoms with E-state index in [0.717, 1.165) is 32.1 Å². The molecule has 2 aliphatic rings. The fraction of sp³-hybridized carbons (Fsp3) is 0.706. The molecule has 2 saturated carbocycles. The van der Waals surface area contributed by atoms with Gasteiger partial charge < -0.3 is 10.6 Å². The normalized spacial score (nSPS) is 20.0. The van der Waals surface area contributed by atoms with Crippen LogP contribution in [0.1, 0.15) is 44.9 Å². The SMILES string of the molecule is CN(C)C1(C(=O)Nc2cnn(CC(=O)NC3CCCC3)c2)CCC1. The van der Waals surface area contributed by atoms with Gasteiger partial charge in [-0.05, 0) is 46.2 Å². The third-order valence-electron chi connectivity index (χ3n) is 5.38. The lowest BCUT2D eigenvalue weighted by Gasteiger charge is -2.45. The molecule has 0 spiro atoms. The molecule has 0 bridgehead atoms. The van der Waals surface area contributed by atoms with Crippen molar-refractivity contribution in [3.05, 3.63) is 12.4 Å². The molecule has 1 aromatic rings. The highest BCUT2D eigenvalue weighted by Crippen LogP contribution is 2.37. The van der Waals surface area contributed by atoms with Crippen LogP contribution in [0.5, 0.6) is 0 Å². The van der Waals surface area contributed by atoms with Crippen molar-refractivity contribution in [3.63, 3.8) is 0 Å². The predicted octanol–water partition coefficient (Wildman–Crippen LogP) is 1.36. The van der Waals surface area contributed by atoms with Gasteiger partial charge in [0.05, 0.1) is 11.9 Å². The van der Waals surface area contributed by atoms with E-state index < -0.39 is 5.54 Å². The number of carbonyl (C=O) groups excluding carboxylic acids is 2. The zero-order valence-corrected chi connectivity index (χ0v) is 14.5. The predicted molar refractivity (Wildman–Crippen MR) is 91.5 cm³/mol. The van der Waals surface area contributed by atoms with E-state index in [4.69, 9.17) is 0 Å². The van der Waals surface area contributed by atoms with Gasteiger partial charge in [0, 0.05) is 12.2 Å². The maximum atomic E-state index is 12.6. The fourth-order valence-corrected chi connectivity index (χ4v) is 3.64. The van der Waals surface area contributed by atoms with Gasteiger partial charge in [-0.2, -0.15) is 5.10 Å². The van der Waals surface area contributed by atoms with Crippen molar-refractivity contribution in [1.29, 1.82) is 0 Å². The summed E-state index contributed by atoms with van der Waals surface area (Å²) in [4.78, 5) is 26.6. The molecule has 2 N–H and O–H groups in total.